The van der Waals surface area contributed by atoms with Crippen molar-refractivity contribution in [2.45, 2.75) is 6.92 Å². The summed E-state index contributed by atoms with van der Waals surface area (Å²) in [7, 11) is 4.56. The third kappa shape index (κ3) is 6.47. The normalized spacial score (nSPS) is 10.2. The lowest BCUT2D eigenvalue weighted by Gasteiger charge is -2.13. The molecule has 0 atom stereocenters. The minimum atomic E-state index is -0.255. The van der Waals surface area contributed by atoms with Crippen molar-refractivity contribution in [1.82, 2.24) is 0 Å². The van der Waals surface area contributed by atoms with Crippen LogP contribution in [0.2, 0.25) is 5.02 Å². The Bertz CT molecular complexity index is 891. The lowest BCUT2D eigenvalue weighted by Crippen LogP contribution is -2.19. The highest BCUT2D eigenvalue weighted by Crippen LogP contribution is 2.31. The number of hydrogen-bond donors (Lipinski definition) is 2. The number of carbonyl (C=O) groups excluding carboxylic acids is 2. The molecule has 0 aliphatic carbocycles. The fourth-order valence-corrected chi connectivity index (χ4v) is 3.22. The molecular formula is C20H23ClN2O5S. The topological polar surface area (TPSA) is 85.9 Å². The van der Waals surface area contributed by atoms with Gasteiger partial charge in [0.2, 0.25) is 11.8 Å². The highest BCUT2D eigenvalue weighted by atomic mass is 35.5. The molecule has 0 saturated carbocycles. The molecule has 0 radical (unpaired) electrons. The van der Waals surface area contributed by atoms with Gasteiger partial charge in [-0.15, -0.1) is 11.8 Å². The van der Waals surface area contributed by atoms with Gasteiger partial charge in [-0.3, -0.25) is 9.59 Å². The molecule has 0 aliphatic heterocycles. The van der Waals surface area contributed by atoms with Gasteiger partial charge in [0.25, 0.3) is 0 Å². The number of ether oxygens (including phenoxy) is 3. The SMILES string of the molecule is COc1ccc(OC)c(NC(=O)CSCC(=O)Nc2cc(C)c(Cl)cc2OC)c1. The number of rotatable bonds is 9. The summed E-state index contributed by atoms with van der Waals surface area (Å²) in [4.78, 5) is 24.4. The van der Waals surface area contributed by atoms with Gasteiger partial charge in [0, 0.05) is 17.2 Å². The van der Waals surface area contributed by atoms with Crippen LogP contribution in [0.25, 0.3) is 0 Å². The molecule has 2 rings (SSSR count). The van der Waals surface area contributed by atoms with Gasteiger partial charge >= 0.3 is 0 Å². The molecule has 156 valence electrons. The number of hydrogen-bond acceptors (Lipinski definition) is 6. The van der Waals surface area contributed by atoms with E-state index in [2.05, 4.69) is 10.6 Å². The van der Waals surface area contributed by atoms with Crippen molar-refractivity contribution in [3.05, 3.63) is 40.9 Å². The highest BCUT2D eigenvalue weighted by Gasteiger charge is 2.13. The average Bonchev–Trinajstić information content (AvgIpc) is 2.70. The number of benzene rings is 2. The molecule has 9 heteroatoms. The zero-order valence-corrected chi connectivity index (χ0v) is 18.2. The number of carbonyl (C=O) groups is 2. The van der Waals surface area contributed by atoms with E-state index in [9.17, 15) is 9.59 Å². The van der Waals surface area contributed by atoms with Crippen molar-refractivity contribution in [3.63, 3.8) is 0 Å². The molecule has 0 saturated heterocycles. The molecule has 0 heterocycles. The van der Waals surface area contributed by atoms with Crippen molar-refractivity contribution in [2.24, 2.45) is 0 Å². The van der Waals surface area contributed by atoms with E-state index in [1.54, 1.807) is 37.4 Å². The Morgan fingerprint density at radius 2 is 1.48 bits per heavy atom. The summed E-state index contributed by atoms with van der Waals surface area (Å²) < 4.78 is 15.6. The molecule has 7 nitrogen and oxygen atoms in total. The first-order chi connectivity index (χ1) is 13.9. The van der Waals surface area contributed by atoms with E-state index in [0.717, 1.165) is 5.56 Å². The van der Waals surface area contributed by atoms with E-state index in [4.69, 9.17) is 25.8 Å². The fraction of sp³-hybridized carbons (Fsp3) is 0.300. The summed E-state index contributed by atoms with van der Waals surface area (Å²) >= 11 is 7.26. The molecular weight excluding hydrogens is 416 g/mol. The summed E-state index contributed by atoms with van der Waals surface area (Å²) in [5.74, 6) is 1.29. The Labute approximate surface area is 179 Å². The number of anilines is 2. The molecule has 0 spiro atoms. The van der Waals surface area contributed by atoms with E-state index < -0.39 is 0 Å². The minimum Gasteiger partial charge on any atom is -0.497 e. The molecule has 0 unspecified atom stereocenters. The van der Waals surface area contributed by atoms with E-state index in [1.807, 2.05) is 6.92 Å². The summed E-state index contributed by atoms with van der Waals surface area (Å²) in [6.07, 6.45) is 0. The van der Waals surface area contributed by atoms with Crippen molar-refractivity contribution < 1.29 is 23.8 Å². The summed E-state index contributed by atoms with van der Waals surface area (Å²) in [5.41, 5.74) is 1.86. The Kier molecular flexibility index (Phi) is 8.48. The highest BCUT2D eigenvalue weighted by molar-refractivity contribution is 8.00. The van der Waals surface area contributed by atoms with E-state index in [-0.39, 0.29) is 23.3 Å². The van der Waals surface area contributed by atoms with Crippen LogP contribution in [-0.4, -0.2) is 44.6 Å². The maximum absolute atomic E-state index is 12.2. The molecule has 0 aliphatic rings. The molecule has 2 aromatic carbocycles. The van der Waals surface area contributed by atoms with Gasteiger partial charge in [0.15, 0.2) is 0 Å². The zero-order chi connectivity index (χ0) is 21.4. The van der Waals surface area contributed by atoms with Crippen LogP contribution in [0.5, 0.6) is 17.2 Å². The van der Waals surface area contributed by atoms with Crippen molar-refractivity contribution in [3.8, 4) is 17.2 Å². The van der Waals surface area contributed by atoms with Crippen LogP contribution in [0.1, 0.15) is 5.56 Å². The van der Waals surface area contributed by atoms with Crippen molar-refractivity contribution >= 4 is 46.6 Å². The van der Waals surface area contributed by atoms with Crippen LogP contribution >= 0.6 is 23.4 Å². The second kappa shape index (κ2) is 10.8. The van der Waals surface area contributed by atoms with Gasteiger partial charge in [0.05, 0.1) is 44.2 Å². The molecule has 0 aromatic heterocycles. The number of nitrogens with one attached hydrogen (secondary N) is 2. The number of halogens is 1. The molecule has 2 amide bonds. The third-order valence-corrected chi connectivity index (χ3v) is 5.24. The predicted octanol–water partition coefficient (Wildman–Crippen LogP) is 3.98. The number of aryl methyl sites for hydroxylation is 1. The van der Waals surface area contributed by atoms with Crippen LogP contribution in [0.15, 0.2) is 30.3 Å². The fourth-order valence-electron chi connectivity index (χ4n) is 2.45. The first kappa shape index (κ1) is 22.7. The van der Waals surface area contributed by atoms with E-state index >= 15 is 0 Å². The third-order valence-electron chi connectivity index (χ3n) is 3.90. The smallest absolute Gasteiger partial charge is 0.234 e. The first-order valence-electron chi connectivity index (χ1n) is 8.61. The van der Waals surface area contributed by atoms with E-state index in [1.165, 1.54) is 26.0 Å². The van der Waals surface area contributed by atoms with Crippen LogP contribution in [0.3, 0.4) is 0 Å². The van der Waals surface area contributed by atoms with Gasteiger partial charge < -0.3 is 24.8 Å². The van der Waals surface area contributed by atoms with Gasteiger partial charge in [-0.2, -0.15) is 0 Å². The quantitative estimate of drug-likeness (QED) is 0.615. The van der Waals surface area contributed by atoms with Gasteiger partial charge in [-0.1, -0.05) is 11.6 Å². The lowest BCUT2D eigenvalue weighted by molar-refractivity contribution is -0.114. The molecule has 0 bridgehead atoms. The second-order valence-electron chi connectivity index (χ2n) is 5.96. The van der Waals surface area contributed by atoms with Crippen LogP contribution < -0.4 is 24.8 Å². The van der Waals surface area contributed by atoms with Crippen LogP contribution in [0.4, 0.5) is 11.4 Å². The first-order valence-corrected chi connectivity index (χ1v) is 10.1. The maximum Gasteiger partial charge on any atom is 0.234 e. The molecule has 2 aromatic rings. The van der Waals surface area contributed by atoms with Crippen LogP contribution in [-0.2, 0) is 9.59 Å². The van der Waals surface area contributed by atoms with Crippen LogP contribution in [0, 0.1) is 6.92 Å². The lowest BCUT2D eigenvalue weighted by atomic mass is 10.2. The monoisotopic (exact) mass is 438 g/mol. The summed E-state index contributed by atoms with van der Waals surface area (Å²) in [5, 5.41) is 6.09. The molecule has 0 fully saturated rings. The predicted molar refractivity (Wildman–Crippen MR) is 117 cm³/mol. The largest absolute Gasteiger partial charge is 0.497 e. The van der Waals surface area contributed by atoms with Gasteiger partial charge in [-0.05, 0) is 30.7 Å². The van der Waals surface area contributed by atoms with E-state index in [0.29, 0.717) is 33.6 Å². The number of amides is 2. The standard InChI is InChI=1S/C20H23ClN2O5S/c1-12-7-15(18(28-4)9-14(12)21)22-19(24)10-29-11-20(25)23-16-8-13(26-2)5-6-17(16)27-3/h5-9H,10-11H2,1-4H3,(H,22,24)(H,23,25). The Morgan fingerprint density at radius 1 is 0.897 bits per heavy atom. The van der Waals surface area contributed by atoms with Gasteiger partial charge in [0.1, 0.15) is 17.2 Å². The van der Waals surface area contributed by atoms with Crippen molar-refractivity contribution in [1.29, 1.82) is 0 Å². The van der Waals surface area contributed by atoms with Crippen molar-refractivity contribution in [2.75, 3.05) is 43.5 Å². The molecule has 29 heavy (non-hydrogen) atoms. The Hall–Kier alpha value is -2.58. The number of thioether (sulfide) groups is 1. The Balaban J connectivity index is 1.88. The summed E-state index contributed by atoms with van der Waals surface area (Å²) in [6, 6.07) is 8.50. The number of methoxy groups -OCH3 is 3. The Morgan fingerprint density at radius 3 is 2.03 bits per heavy atom. The second-order valence-corrected chi connectivity index (χ2v) is 7.35. The molecule has 2 N–H and O–H groups in total. The average molecular weight is 439 g/mol. The minimum absolute atomic E-state index is 0.102. The summed E-state index contributed by atoms with van der Waals surface area (Å²) in [6.45, 7) is 1.84. The van der Waals surface area contributed by atoms with Gasteiger partial charge in [-0.25, -0.2) is 0 Å². The maximum atomic E-state index is 12.2. The zero-order valence-electron chi connectivity index (χ0n) is 16.6.